The van der Waals surface area contributed by atoms with Gasteiger partial charge in [-0.15, -0.1) is 0 Å². The largest absolute Gasteiger partial charge is 0.481 e. The Bertz CT molecular complexity index is 490. The van der Waals surface area contributed by atoms with Gasteiger partial charge in [-0.1, -0.05) is 6.92 Å². The third-order valence-electron chi connectivity index (χ3n) is 2.81. The molecule has 0 spiro atoms. The molecular weight excluding hydrogens is 286 g/mol. The van der Waals surface area contributed by atoms with Crippen molar-refractivity contribution in [3.63, 3.8) is 0 Å². The van der Waals surface area contributed by atoms with Crippen LogP contribution >= 0.6 is 0 Å². The van der Waals surface area contributed by atoms with Gasteiger partial charge in [0.2, 0.25) is 5.91 Å². The van der Waals surface area contributed by atoms with Crippen LogP contribution in [0.5, 0.6) is 0 Å². The molecular formula is C11H15N3O7. The van der Waals surface area contributed by atoms with Gasteiger partial charge < -0.3 is 20.8 Å². The molecule has 1 aliphatic heterocycles. The lowest BCUT2D eigenvalue weighted by atomic mass is 10.2. The van der Waals surface area contributed by atoms with Crippen LogP contribution in [0.15, 0.2) is 0 Å². The van der Waals surface area contributed by atoms with Crippen LogP contribution in [0, 0.1) is 5.92 Å². The summed E-state index contributed by atoms with van der Waals surface area (Å²) in [7, 11) is 0. The maximum atomic E-state index is 11.7. The van der Waals surface area contributed by atoms with Gasteiger partial charge >= 0.3 is 18.0 Å². The zero-order valence-corrected chi connectivity index (χ0v) is 11.2. The number of amides is 4. The molecule has 0 aliphatic carbocycles. The first kappa shape index (κ1) is 16.4. The zero-order chi connectivity index (χ0) is 16.2. The fourth-order valence-corrected chi connectivity index (χ4v) is 1.59. The number of rotatable bonds is 7. The van der Waals surface area contributed by atoms with Crippen LogP contribution in [0.4, 0.5) is 4.79 Å². The second-order valence-electron chi connectivity index (χ2n) is 4.57. The zero-order valence-electron chi connectivity index (χ0n) is 11.2. The lowest BCUT2D eigenvalue weighted by Gasteiger charge is -2.13. The highest BCUT2D eigenvalue weighted by Crippen LogP contribution is 2.09. The molecule has 0 aromatic carbocycles. The van der Waals surface area contributed by atoms with Gasteiger partial charge in [-0.2, -0.15) is 0 Å². The Morgan fingerprint density at radius 3 is 2.48 bits per heavy atom. The summed E-state index contributed by atoms with van der Waals surface area (Å²) in [5.41, 5.74) is 0. The number of carbonyl (C=O) groups is 5. The Balaban J connectivity index is 2.52. The summed E-state index contributed by atoms with van der Waals surface area (Å²) >= 11 is 0. The number of hydrogen-bond acceptors (Lipinski definition) is 5. The molecule has 0 bridgehead atoms. The van der Waals surface area contributed by atoms with Crippen LogP contribution in [-0.2, 0) is 19.2 Å². The number of imide groups is 1. The minimum Gasteiger partial charge on any atom is -0.481 e. The van der Waals surface area contributed by atoms with Crippen molar-refractivity contribution < 1.29 is 34.2 Å². The van der Waals surface area contributed by atoms with Gasteiger partial charge in [0.25, 0.3) is 5.91 Å². The smallest absolute Gasteiger partial charge is 0.325 e. The second-order valence-corrected chi connectivity index (χ2v) is 4.57. The Morgan fingerprint density at radius 2 is 1.95 bits per heavy atom. The fourth-order valence-electron chi connectivity index (χ4n) is 1.59. The number of nitrogens with zero attached hydrogens (tertiary/aromatic N) is 1. The van der Waals surface area contributed by atoms with E-state index in [4.69, 9.17) is 10.2 Å². The normalized spacial score (nSPS) is 19.1. The minimum atomic E-state index is -1.25. The Morgan fingerprint density at radius 1 is 1.33 bits per heavy atom. The van der Waals surface area contributed by atoms with Gasteiger partial charge in [-0.25, -0.2) is 4.79 Å². The Labute approximate surface area is 119 Å². The van der Waals surface area contributed by atoms with Crippen molar-refractivity contribution >= 4 is 29.8 Å². The summed E-state index contributed by atoms with van der Waals surface area (Å²) in [4.78, 5) is 56.5. The van der Waals surface area contributed by atoms with Gasteiger partial charge in [-0.05, 0) is 0 Å². The van der Waals surface area contributed by atoms with Crippen molar-refractivity contribution in [1.82, 2.24) is 15.5 Å². The average molecular weight is 301 g/mol. The lowest BCUT2D eigenvalue weighted by molar-refractivity contribution is -0.141. The summed E-state index contributed by atoms with van der Waals surface area (Å²) in [6, 6.07) is -2.05. The van der Waals surface area contributed by atoms with E-state index in [0.29, 0.717) is 4.90 Å². The molecule has 1 heterocycles. The minimum absolute atomic E-state index is 0.142. The van der Waals surface area contributed by atoms with E-state index in [-0.39, 0.29) is 6.54 Å². The molecule has 4 N–H and O–H groups in total. The van der Waals surface area contributed by atoms with E-state index >= 15 is 0 Å². The number of hydrogen-bond donors (Lipinski definition) is 4. The van der Waals surface area contributed by atoms with Crippen LogP contribution in [-0.4, -0.2) is 64.0 Å². The van der Waals surface area contributed by atoms with Gasteiger partial charge in [0, 0.05) is 6.54 Å². The number of carbonyl (C=O) groups excluding carboxylic acids is 3. The maximum Gasteiger partial charge on any atom is 0.325 e. The molecule has 4 amide bonds. The molecule has 21 heavy (non-hydrogen) atoms. The maximum absolute atomic E-state index is 11.7. The van der Waals surface area contributed by atoms with E-state index < -0.39 is 54.7 Å². The van der Waals surface area contributed by atoms with E-state index in [1.54, 1.807) is 0 Å². The number of aliphatic carboxylic acids is 2. The molecule has 1 aliphatic rings. The quantitative estimate of drug-likeness (QED) is 0.405. The summed E-state index contributed by atoms with van der Waals surface area (Å²) < 4.78 is 0. The van der Waals surface area contributed by atoms with Crippen LogP contribution in [0.25, 0.3) is 0 Å². The average Bonchev–Trinajstić information content (AvgIpc) is 2.62. The first-order valence-electron chi connectivity index (χ1n) is 6.05. The topological polar surface area (TPSA) is 153 Å². The van der Waals surface area contributed by atoms with Gasteiger partial charge in [0.05, 0.1) is 12.3 Å². The lowest BCUT2D eigenvalue weighted by Crippen LogP contribution is -2.42. The first-order chi connectivity index (χ1) is 9.72. The fraction of sp³-hybridized carbons (Fsp3) is 0.545. The van der Waals surface area contributed by atoms with Crippen molar-refractivity contribution in [3.8, 4) is 0 Å². The molecule has 0 aromatic rings. The Kier molecular flexibility index (Phi) is 5.22. The summed E-state index contributed by atoms with van der Waals surface area (Å²) in [6.45, 7) is 0.655. The van der Waals surface area contributed by atoms with Gasteiger partial charge in [0.15, 0.2) is 0 Å². The van der Waals surface area contributed by atoms with E-state index in [1.807, 2.05) is 0 Å². The van der Waals surface area contributed by atoms with Crippen molar-refractivity contribution in [1.29, 1.82) is 0 Å². The first-order valence-corrected chi connectivity index (χ1v) is 6.05. The van der Waals surface area contributed by atoms with E-state index in [2.05, 4.69) is 10.6 Å². The Hall–Kier alpha value is -2.65. The van der Waals surface area contributed by atoms with Crippen LogP contribution in [0.1, 0.15) is 13.3 Å². The van der Waals surface area contributed by atoms with Gasteiger partial charge in [0.1, 0.15) is 12.6 Å². The number of nitrogens with one attached hydrogen (secondary N) is 2. The van der Waals surface area contributed by atoms with E-state index in [9.17, 15) is 24.0 Å². The van der Waals surface area contributed by atoms with Crippen molar-refractivity contribution in [2.24, 2.45) is 5.92 Å². The molecule has 116 valence electrons. The van der Waals surface area contributed by atoms with Gasteiger partial charge in [-0.3, -0.25) is 24.1 Å². The number of urea groups is 1. The van der Waals surface area contributed by atoms with Crippen molar-refractivity contribution in [3.05, 3.63) is 0 Å². The third kappa shape index (κ3) is 4.44. The molecule has 10 nitrogen and oxygen atoms in total. The molecule has 1 saturated heterocycles. The monoisotopic (exact) mass is 301 g/mol. The number of carboxylic acids is 2. The van der Waals surface area contributed by atoms with Crippen LogP contribution in [0.2, 0.25) is 0 Å². The predicted molar refractivity (Wildman–Crippen MR) is 66.1 cm³/mol. The van der Waals surface area contributed by atoms with E-state index in [1.165, 1.54) is 6.92 Å². The highest BCUT2D eigenvalue weighted by molar-refractivity contribution is 6.07. The molecule has 1 rings (SSSR count). The second kappa shape index (κ2) is 6.68. The summed E-state index contributed by atoms with van der Waals surface area (Å²) in [5.74, 6) is -4.66. The molecule has 1 fully saturated rings. The predicted octanol–water partition coefficient (Wildman–Crippen LogP) is -1.78. The molecule has 10 heteroatoms. The summed E-state index contributed by atoms with van der Waals surface area (Å²) in [5, 5.41) is 21.7. The molecule has 0 saturated carbocycles. The summed E-state index contributed by atoms with van der Waals surface area (Å²) in [6.07, 6.45) is -0.571. The molecule has 0 aromatic heterocycles. The molecule has 0 unspecified atom stereocenters. The van der Waals surface area contributed by atoms with Crippen LogP contribution < -0.4 is 10.6 Å². The number of carboxylic acid groups (broad SMARTS) is 2. The third-order valence-corrected chi connectivity index (χ3v) is 2.81. The SMILES string of the molecule is C[C@@H](CNC(=O)CN1C(=O)N[C@@H](CC(=O)O)C1=O)C(=O)O. The standard InChI is InChI=1S/C11H15N3O7/c1-5(10(19)20)3-12-7(15)4-14-9(18)6(2-8(16)17)13-11(14)21/h5-6H,2-4H2,1H3,(H,12,15)(H,13,21)(H,16,17)(H,19,20)/t5-,6-/m0/s1. The van der Waals surface area contributed by atoms with E-state index in [0.717, 1.165) is 0 Å². The molecule has 2 atom stereocenters. The van der Waals surface area contributed by atoms with Crippen molar-refractivity contribution in [2.75, 3.05) is 13.1 Å². The highest BCUT2D eigenvalue weighted by Gasteiger charge is 2.39. The van der Waals surface area contributed by atoms with Crippen molar-refractivity contribution in [2.45, 2.75) is 19.4 Å². The highest BCUT2D eigenvalue weighted by atomic mass is 16.4. The van der Waals surface area contributed by atoms with Crippen LogP contribution in [0.3, 0.4) is 0 Å². The molecule has 0 radical (unpaired) electrons.